The third kappa shape index (κ3) is 46.2. The number of allylic oxidation sites excluding steroid dienone is 5. The van der Waals surface area contributed by atoms with Gasteiger partial charge in [0.15, 0.2) is 0 Å². The van der Waals surface area contributed by atoms with E-state index in [1.807, 2.05) is 0 Å². The van der Waals surface area contributed by atoms with Crippen molar-refractivity contribution in [1.82, 2.24) is 10.6 Å². The third-order valence-corrected chi connectivity index (χ3v) is 10.7. The van der Waals surface area contributed by atoms with Crippen LogP contribution in [-0.4, -0.2) is 12.6 Å². The second-order valence-corrected chi connectivity index (χ2v) is 17.3. The Kier molecular flexibility index (Phi) is 42.3. The first-order chi connectivity index (χ1) is 26.0. The lowest BCUT2D eigenvalue weighted by Crippen LogP contribution is -2.29. The Labute approximate surface area is 341 Å². The van der Waals surface area contributed by atoms with Crippen LogP contribution in [0, 0.1) is 0 Å². The van der Waals surface area contributed by atoms with E-state index in [1.54, 1.807) is 0 Å². The zero-order valence-electron chi connectivity index (χ0n) is 37.9. The molecule has 2 nitrogen and oxygen atoms in total. The van der Waals surface area contributed by atoms with Crippen molar-refractivity contribution in [1.29, 1.82) is 0 Å². The smallest absolute Gasteiger partial charge is 0.0468 e. The van der Waals surface area contributed by atoms with Gasteiger partial charge in [0.2, 0.25) is 0 Å². The molecule has 0 amide bonds. The molecule has 0 heterocycles. The molecule has 0 spiro atoms. The molecule has 0 aliphatic carbocycles. The van der Waals surface area contributed by atoms with E-state index in [1.165, 1.54) is 220 Å². The topological polar surface area (TPSA) is 24.1 Å². The van der Waals surface area contributed by atoms with Crippen LogP contribution in [0.3, 0.4) is 0 Å². The predicted octanol–water partition coefficient (Wildman–Crippen LogP) is 17.7. The molecule has 1 unspecified atom stereocenters. The summed E-state index contributed by atoms with van der Waals surface area (Å²) in [7, 11) is 0. The first-order valence-electron chi connectivity index (χ1n) is 23.4. The van der Waals surface area contributed by atoms with E-state index in [2.05, 4.69) is 84.7 Å². The van der Waals surface area contributed by atoms with E-state index in [0.717, 1.165) is 32.2 Å². The van der Waals surface area contributed by atoms with Gasteiger partial charge in [-0.15, -0.1) is 19.7 Å². The first kappa shape index (κ1) is 54.1. The van der Waals surface area contributed by atoms with Gasteiger partial charge in [-0.3, -0.25) is 0 Å². The van der Waals surface area contributed by atoms with Crippen molar-refractivity contribution in [3.8, 4) is 0 Å². The Hall–Kier alpha value is -1.96. The van der Waals surface area contributed by atoms with Crippen molar-refractivity contribution in [3.05, 3.63) is 73.2 Å². The number of unbranched alkanes of at least 4 members (excludes halogenated alkanes) is 24. The predicted molar refractivity (Wildman–Crippen MR) is 250 cm³/mol. The summed E-state index contributed by atoms with van der Waals surface area (Å²) >= 11 is 0. The molecule has 0 saturated carbocycles. The van der Waals surface area contributed by atoms with Gasteiger partial charge in [-0.1, -0.05) is 190 Å². The summed E-state index contributed by atoms with van der Waals surface area (Å²) in [4.78, 5) is 0. The lowest BCUT2D eigenvalue weighted by molar-refractivity contribution is 0.524. The van der Waals surface area contributed by atoms with E-state index < -0.39 is 0 Å². The maximum absolute atomic E-state index is 4.24. The Bertz CT molecular complexity index is 923. The van der Waals surface area contributed by atoms with Gasteiger partial charge in [0.05, 0.1) is 0 Å². The molecule has 0 aliphatic rings. The van der Waals surface area contributed by atoms with Gasteiger partial charge in [0, 0.05) is 24.0 Å². The van der Waals surface area contributed by atoms with Crippen LogP contribution in [-0.2, 0) is 0 Å². The Morgan fingerprint density at radius 3 is 1.04 bits per heavy atom. The van der Waals surface area contributed by atoms with Crippen LogP contribution in [0.2, 0.25) is 0 Å². The van der Waals surface area contributed by atoms with E-state index >= 15 is 0 Å². The maximum atomic E-state index is 4.24. The molecule has 54 heavy (non-hydrogen) atoms. The molecule has 1 atom stereocenters. The monoisotopic (exact) mass is 751 g/mol. The standard InChI is InChI=1S/C32H59N.C20H39N/c1-28(2)24-22-20-18-16-14-12-10-8-9-11-13-15-17-19-21-23-25-31(7)33-32(30(5)6)27-26-29(3)4;1-5-6-7-8-11-14-17-20(4)21-18-15-12-9-10-13-16-19(2)3/h32-33H,1,3,5,7-27H2,2,4,6H3;21H,2,4-18H2,1,3H3. The number of rotatable bonds is 41. The SMILES string of the molecule is C=C(C)CCCCCCCCCCCCCCCCCCC(=C)NC(CCC(=C)C)C(=C)C.C=C(C)CCCCCCCNC(=C)CCCCCCCC. The molecule has 316 valence electrons. The summed E-state index contributed by atoms with van der Waals surface area (Å²) < 4.78 is 0. The van der Waals surface area contributed by atoms with Gasteiger partial charge in [-0.05, 0) is 98.3 Å². The van der Waals surface area contributed by atoms with Crippen molar-refractivity contribution in [2.45, 2.75) is 253 Å². The summed E-state index contributed by atoms with van der Waals surface area (Å²) in [5.41, 5.74) is 7.52. The van der Waals surface area contributed by atoms with Gasteiger partial charge in [-0.25, -0.2) is 0 Å². The van der Waals surface area contributed by atoms with E-state index in [-0.39, 0.29) is 0 Å². The third-order valence-electron chi connectivity index (χ3n) is 10.7. The summed E-state index contributed by atoms with van der Waals surface area (Å²) in [5, 5.41) is 7.08. The molecular formula is C52H98N2. The van der Waals surface area contributed by atoms with Gasteiger partial charge >= 0.3 is 0 Å². The summed E-state index contributed by atoms with van der Waals surface area (Å²) in [6, 6.07) is 0.339. The van der Waals surface area contributed by atoms with Crippen molar-refractivity contribution in [2.24, 2.45) is 0 Å². The van der Waals surface area contributed by atoms with Crippen LogP contribution in [0.5, 0.6) is 0 Å². The lowest BCUT2D eigenvalue weighted by Gasteiger charge is -2.22. The average molecular weight is 751 g/mol. The molecule has 0 aromatic rings. The quantitative estimate of drug-likeness (QED) is 0.0480. The van der Waals surface area contributed by atoms with Gasteiger partial charge < -0.3 is 10.6 Å². The second-order valence-electron chi connectivity index (χ2n) is 17.3. The fourth-order valence-corrected chi connectivity index (χ4v) is 6.95. The summed E-state index contributed by atoms with van der Waals surface area (Å²) in [5.74, 6) is 0. The first-order valence-corrected chi connectivity index (χ1v) is 23.4. The highest BCUT2D eigenvalue weighted by Crippen LogP contribution is 2.17. The van der Waals surface area contributed by atoms with Crippen molar-refractivity contribution < 1.29 is 0 Å². The molecule has 0 aromatic heterocycles. The largest absolute Gasteiger partial charge is 0.389 e. The zero-order chi connectivity index (χ0) is 40.5. The van der Waals surface area contributed by atoms with Gasteiger partial charge in [-0.2, -0.15) is 0 Å². The van der Waals surface area contributed by atoms with Gasteiger partial charge in [0.1, 0.15) is 0 Å². The molecular weight excluding hydrogens is 653 g/mol. The van der Waals surface area contributed by atoms with Crippen LogP contribution in [0.1, 0.15) is 247 Å². The molecule has 0 aliphatic heterocycles. The highest BCUT2D eigenvalue weighted by molar-refractivity contribution is 5.08. The van der Waals surface area contributed by atoms with E-state index in [9.17, 15) is 0 Å². The fraction of sp³-hybridized carbons (Fsp3) is 0.769. The highest BCUT2D eigenvalue weighted by Gasteiger charge is 2.10. The second kappa shape index (κ2) is 42.2. The van der Waals surface area contributed by atoms with Crippen molar-refractivity contribution in [3.63, 3.8) is 0 Å². The molecule has 0 radical (unpaired) electrons. The minimum Gasteiger partial charge on any atom is -0.389 e. The van der Waals surface area contributed by atoms with Crippen molar-refractivity contribution >= 4 is 0 Å². The molecule has 0 saturated heterocycles. The molecule has 2 N–H and O–H groups in total. The highest BCUT2D eigenvalue weighted by atomic mass is 14.9. The normalized spacial score (nSPS) is 11.4. The zero-order valence-corrected chi connectivity index (χ0v) is 37.9. The number of hydrogen-bond donors (Lipinski definition) is 2. The number of hydrogen-bond acceptors (Lipinski definition) is 2. The van der Waals surface area contributed by atoms with Crippen LogP contribution in [0.25, 0.3) is 0 Å². The Morgan fingerprint density at radius 1 is 0.370 bits per heavy atom. The van der Waals surface area contributed by atoms with E-state index in [0.29, 0.717) is 6.04 Å². The average Bonchev–Trinajstić information content (AvgIpc) is 3.11. The molecule has 0 aromatic carbocycles. The van der Waals surface area contributed by atoms with Crippen LogP contribution < -0.4 is 10.6 Å². The van der Waals surface area contributed by atoms with E-state index in [4.69, 9.17) is 0 Å². The minimum atomic E-state index is 0.339. The molecule has 0 fully saturated rings. The van der Waals surface area contributed by atoms with Gasteiger partial charge in [0.25, 0.3) is 0 Å². The maximum Gasteiger partial charge on any atom is 0.0468 e. The summed E-state index contributed by atoms with van der Waals surface area (Å²) in [6.45, 7) is 36.3. The Morgan fingerprint density at radius 2 is 0.685 bits per heavy atom. The number of nitrogens with one attached hydrogen (secondary N) is 2. The lowest BCUT2D eigenvalue weighted by atomic mass is 10.0. The van der Waals surface area contributed by atoms with Crippen LogP contribution in [0.4, 0.5) is 0 Å². The Balaban J connectivity index is 0. The molecule has 0 bridgehead atoms. The minimum absolute atomic E-state index is 0.339. The van der Waals surface area contributed by atoms with Crippen LogP contribution >= 0.6 is 0 Å². The molecule has 0 rings (SSSR count). The molecule has 2 heteroatoms. The summed E-state index contributed by atoms with van der Waals surface area (Å²) in [6.07, 6.45) is 44.1. The van der Waals surface area contributed by atoms with Crippen LogP contribution in [0.15, 0.2) is 73.2 Å². The fourth-order valence-electron chi connectivity index (χ4n) is 6.95. The van der Waals surface area contributed by atoms with Crippen molar-refractivity contribution in [2.75, 3.05) is 6.54 Å².